The second-order valence-electron chi connectivity index (χ2n) is 7.03. The molecule has 0 bridgehead atoms. The zero-order chi connectivity index (χ0) is 24.7. The van der Waals surface area contributed by atoms with Crippen LogP contribution in [0.5, 0.6) is 11.5 Å². The average Bonchev–Trinajstić information content (AvgIpc) is 3.44. The van der Waals surface area contributed by atoms with Crippen molar-refractivity contribution in [2.24, 2.45) is 0 Å². The van der Waals surface area contributed by atoms with Crippen LogP contribution in [0.25, 0.3) is 22.2 Å². The highest BCUT2D eigenvalue weighted by Crippen LogP contribution is 2.38. The summed E-state index contributed by atoms with van der Waals surface area (Å²) in [6.07, 6.45) is 1.11. The molecule has 0 aliphatic carbocycles. The van der Waals surface area contributed by atoms with Gasteiger partial charge >= 0.3 is 5.76 Å². The number of nitrogens with zero attached hydrogens (tertiary/aromatic N) is 2. The van der Waals surface area contributed by atoms with E-state index in [9.17, 15) is 22.0 Å². The number of halogens is 3. The van der Waals surface area contributed by atoms with Crippen LogP contribution in [0.1, 0.15) is 0 Å². The van der Waals surface area contributed by atoms with Crippen molar-refractivity contribution in [3.05, 3.63) is 82.1 Å². The molecule has 2 aromatic heterocycles. The third kappa shape index (κ3) is 4.60. The monoisotopic (exact) mass is 536 g/mol. The van der Waals surface area contributed by atoms with Gasteiger partial charge in [0.1, 0.15) is 22.8 Å². The third-order valence-electron chi connectivity index (χ3n) is 4.75. The number of hydrogen-bond donors (Lipinski definition) is 2. The Kier molecular flexibility index (Phi) is 5.75. The minimum atomic E-state index is -4.47. The van der Waals surface area contributed by atoms with E-state index in [1.807, 2.05) is 4.72 Å². The lowest BCUT2D eigenvalue weighted by molar-refractivity contribution is 0.433. The van der Waals surface area contributed by atoms with Crippen molar-refractivity contribution in [3.8, 4) is 22.6 Å². The lowest BCUT2D eigenvalue weighted by Gasteiger charge is -2.14. The Balaban J connectivity index is 1.52. The normalized spacial score (nSPS) is 11.6. The zero-order valence-corrected chi connectivity index (χ0v) is 19.5. The van der Waals surface area contributed by atoms with Gasteiger partial charge in [0.25, 0.3) is 10.0 Å². The van der Waals surface area contributed by atoms with Crippen LogP contribution < -0.4 is 15.2 Å². The van der Waals surface area contributed by atoms with Gasteiger partial charge in [-0.15, -0.1) is 0 Å². The predicted octanol–water partition coefficient (Wildman–Crippen LogP) is 5.16. The molecule has 0 spiro atoms. The molecule has 35 heavy (non-hydrogen) atoms. The molecule has 0 aliphatic heterocycles. The summed E-state index contributed by atoms with van der Waals surface area (Å²) in [6.45, 7) is 0. The van der Waals surface area contributed by atoms with Gasteiger partial charge in [0.15, 0.2) is 17.1 Å². The van der Waals surface area contributed by atoms with Gasteiger partial charge in [0.05, 0.1) is 5.52 Å². The second-order valence-corrected chi connectivity index (χ2v) is 9.90. The van der Waals surface area contributed by atoms with E-state index in [4.69, 9.17) is 20.8 Å². The number of H-pyrrole nitrogens is 1. The van der Waals surface area contributed by atoms with Crippen LogP contribution in [0.4, 0.5) is 13.9 Å². The molecule has 0 saturated heterocycles. The molecular weight excluding hydrogens is 526 g/mol. The summed E-state index contributed by atoms with van der Waals surface area (Å²) in [5, 5.41) is 0.227. The Hall–Kier alpha value is -3.81. The maximum Gasteiger partial charge on any atom is 0.417 e. The highest BCUT2D eigenvalue weighted by molar-refractivity contribution is 7.93. The highest BCUT2D eigenvalue weighted by Gasteiger charge is 2.24. The number of nitrogens with one attached hydrogen (secondary N) is 2. The number of aromatic nitrogens is 3. The quantitative estimate of drug-likeness (QED) is 0.306. The summed E-state index contributed by atoms with van der Waals surface area (Å²) in [7, 11) is -4.47. The van der Waals surface area contributed by atoms with Crippen LogP contribution in [0.15, 0.2) is 69.0 Å². The largest absolute Gasteiger partial charge is 0.454 e. The van der Waals surface area contributed by atoms with E-state index in [0.717, 1.165) is 17.9 Å². The van der Waals surface area contributed by atoms with Gasteiger partial charge in [-0.25, -0.2) is 27.0 Å². The van der Waals surface area contributed by atoms with Gasteiger partial charge in [-0.05, 0) is 35.9 Å². The Morgan fingerprint density at radius 1 is 1.06 bits per heavy atom. The Morgan fingerprint density at radius 3 is 2.66 bits per heavy atom. The van der Waals surface area contributed by atoms with Crippen molar-refractivity contribution < 1.29 is 26.4 Å². The lowest BCUT2D eigenvalue weighted by atomic mass is 10.0. The lowest BCUT2D eigenvalue weighted by Crippen LogP contribution is -2.15. The molecule has 0 aliphatic rings. The molecule has 0 atom stereocenters. The van der Waals surface area contributed by atoms with Gasteiger partial charge in [-0.1, -0.05) is 17.7 Å². The molecule has 0 fully saturated rings. The molecule has 2 heterocycles. The van der Waals surface area contributed by atoms with Gasteiger partial charge in [-0.2, -0.15) is 4.37 Å². The first kappa shape index (κ1) is 23.0. The van der Waals surface area contributed by atoms with Crippen LogP contribution in [0.3, 0.4) is 0 Å². The first-order valence-electron chi connectivity index (χ1n) is 9.59. The standard InChI is InChI=1S/C21H11ClF2N4O5S2/c22-11-2-4-16(12(6-11)10-1-3-15-18(5-10)33-21(29)27-15)32-17-7-14(24)19(8-13(17)23)35(30,31)28-20-25-9-26-34-20/h1-9H,(H,27,29)(H,25,26,28). The molecule has 5 aromatic rings. The molecule has 178 valence electrons. The fourth-order valence-corrected chi connectivity index (χ4v) is 5.14. The van der Waals surface area contributed by atoms with Crippen molar-refractivity contribution in [1.82, 2.24) is 14.3 Å². The number of anilines is 1. The predicted molar refractivity (Wildman–Crippen MR) is 124 cm³/mol. The number of rotatable bonds is 6. The van der Waals surface area contributed by atoms with Gasteiger partial charge in [0.2, 0.25) is 5.13 Å². The van der Waals surface area contributed by atoms with Crippen molar-refractivity contribution in [2.45, 2.75) is 4.90 Å². The molecule has 0 unspecified atom stereocenters. The van der Waals surface area contributed by atoms with Crippen LogP contribution in [-0.4, -0.2) is 22.8 Å². The zero-order valence-electron chi connectivity index (χ0n) is 17.1. The van der Waals surface area contributed by atoms with Gasteiger partial charge in [-0.3, -0.25) is 9.71 Å². The van der Waals surface area contributed by atoms with Gasteiger partial charge < -0.3 is 9.15 Å². The molecule has 9 nitrogen and oxygen atoms in total. The molecule has 14 heteroatoms. The molecule has 2 N–H and O–H groups in total. The summed E-state index contributed by atoms with van der Waals surface area (Å²) >= 11 is 6.86. The van der Waals surface area contributed by atoms with Crippen molar-refractivity contribution in [3.63, 3.8) is 0 Å². The molecular formula is C21H11ClF2N4O5S2. The van der Waals surface area contributed by atoms with Crippen molar-refractivity contribution in [1.29, 1.82) is 0 Å². The van der Waals surface area contributed by atoms with Crippen LogP contribution >= 0.6 is 23.1 Å². The number of fused-ring (bicyclic) bond motifs is 1. The summed E-state index contributed by atoms with van der Waals surface area (Å²) in [5.74, 6) is -3.47. The minimum absolute atomic E-state index is 0.0903. The molecule has 5 rings (SSSR count). The Labute approximate surface area is 204 Å². The molecule has 0 radical (unpaired) electrons. The van der Waals surface area contributed by atoms with Crippen molar-refractivity contribution >= 4 is 49.4 Å². The van der Waals surface area contributed by atoms with E-state index in [-0.39, 0.29) is 16.5 Å². The maximum absolute atomic E-state index is 14.9. The first-order chi connectivity index (χ1) is 16.7. The Bertz CT molecular complexity index is 1740. The summed E-state index contributed by atoms with van der Waals surface area (Å²) in [5.41, 5.74) is 1.64. The first-order valence-corrected chi connectivity index (χ1v) is 12.2. The number of sulfonamides is 1. The second kappa shape index (κ2) is 8.76. The minimum Gasteiger partial charge on any atom is -0.454 e. The molecule has 3 aromatic carbocycles. The van der Waals surface area contributed by atoms with E-state index in [0.29, 0.717) is 33.8 Å². The topological polar surface area (TPSA) is 127 Å². The number of ether oxygens (including phenoxy) is 1. The average molecular weight is 537 g/mol. The maximum atomic E-state index is 14.9. The van der Waals surface area contributed by atoms with E-state index >= 15 is 0 Å². The fraction of sp³-hybridized carbons (Fsp3) is 0. The van der Waals surface area contributed by atoms with Crippen LogP contribution in [0.2, 0.25) is 5.02 Å². The van der Waals surface area contributed by atoms with E-state index in [1.54, 1.807) is 18.2 Å². The molecule has 0 saturated carbocycles. The van der Waals surface area contributed by atoms with Crippen LogP contribution in [-0.2, 0) is 10.0 Å². The third-order valence-corrected chi connectivity index (χ3v) is 7.05. The van der Waals surface area contributed by atoms with Gasteiger partial charge in [0, 0.05) is 34.3 Å². The van der Waals surface area contributed by atoms with Crippen molar-refractivity contribution in [2.75, 3.05) is 4.72 Å². The highest BCUT2D eigenvalue weighted by atomic mass is 35.5. The Morgan fingerprint density at radius 2 is 1.89 bits per heavy atom. The summed E-state index contributed by atoms with van der Waals surface area (Å²) < 4.78 is 70.9. The smallest absolute Gasteiger partial charge is 0.417 e. The number of benzene rings is 3. The SMILES string of the molecule is O=c1[nH]c2ccc(-c3cc(Cl)ccc3Oc3cc(F)c(S(=O)(=O)Nc4ncns4)cc3F)cc2o1. The fourth-order valence-electron chi connectivity index (χ4n) is 3.23. The molecule has 0 amide bonds. The van der Waals surface area contributed by atoms with E-state index in [2.05, 4.69) is 14.3 Å². The number of hydrogen-bond acceptors (Lipinski definition) is 8. The summed E-state index contributed by atoms with van der Waals surface area (Å²) in [6, 6.07) is 10.4. The summed E-state index contributed by atoms with van der Waals surface area (Å²) in [4.78, 5) is 16.7. The van der Waals surface area contributed by atoms with E-state index < -0.39 is 38.1 Å². The van der Waals surface area contributed by atoms with Crippen LogP contribution in [0, 0.1) is 11.6 Å². The van der Waals surface area contributed by atoms with E-state index in [1.165, 1.54) is 18.2 Å². The number of oxazole rings is 1. The number of aromatic amines is 1.